The Morgan fingerprint density at radius 3 is 2.38 bits per heavy atom. The number of aryl methyl sites for hydroxylation is 2. The molecule has 0 saturated carbocycles. The third-order valence-corrected chi connectivity index (χ3v) is 5.46. The van der Waals surface area contributed by atoms with E-state index in [4.69, 9.17) is 0 Å². The van der Waals surface area contributed by atoms with E-state index in [1.54, 1.807) is 0 Å². The highest BCUT2D eigenvalue weighted by molar-refractivity contribution is 5.76. The van der Waals surface area contributed by atoms with Crippen LogP contribution in [0, 0.1) is 12.8 Å². The molecule has 1 N–H and O–H groups in total. The fourth-order valence-electron chi connectivity index (χ4n) is 3.74. The SMILES string of the molecule is Cc1ccc(CCCC(=O)N2CCC(C(O)c3ccccc3)CC2)cc1. The first-order valence-electron chi connectivity index (χ1n) is 9.70. The monoisotopic (exact) mass is 351 g/mol. The quantitative estimate of drug-likeness (QED) is 0.843. The molecule has 138 valence electrons. The Kier molecular flexibility index (Phi) is 6.45. The summed E-state index contributed by atoms with van der Waals surface area (Å²) in [4.78, 5) is 14.4. The highest BCUT2D eigenvalue weighted by Crippen LogP contribution is 2.30. The molecule has 1 heterocycles. The smallest absolute Gasteiger partial charge is 0.222 e. The molecule has 0 aliphatic carbocycles. The van der Waals surface area contributed by atoms with Crippen LogP contribution in [0.5, 0.6) is 0 Å². The van der Waals surface area contributed by atoms with E-state index in [9.17, 15) is 9.90 Å². The fourth-order valence-corrected chi connectivity index (χ4v) is 3.74. The van der Waals surface area contributed by atoms with Gasteiger partial charge in [-0.3, -0.25) is 4.79 Å². The van der Waals surface area contributed by atoms with Crippen molar-refractivity contribution in [3.63, 3.8) is 0 Å². The molecular weight excluding hydrogens is 322 g/mol. The summed E-state index contributed by atoms with van der Waals surface area (Å²) in [7, 11) is 0. The van der Waals surface area contributed by atoms with Gasteiger partial charge in [0.1, 0.15) is 0 Å². The van der Waals surface area contributed by atoms with E-state index in [1.165, 1.54) is 11.1 Å². The zero-order chi connectivity index (χ0) is 18.4. The van der Waals surface area contributed by atoms with E-state index in [0.29, 0.717) is 6.42 Å². The number of nitrogens with zero attached hydrogens (tertiary/aromatic N) is 1. The van der Waals surface area contributed by atoms with E-state index < -0.39 is 6.10 Å². The van der Waals surface area contributed by atoms with E-state index in [2.05, 4.69) is 31.2 Å². The second-order valence-corrected chi connectivity index (χ2v) is 7.41. The van der Waals surface area contributed by atoms with Gasteiger partial charge in [0, 0.05) is 19.5 Å². The van der Waals surface area contributed by atoms with Crippen molar-refractivity contribution in [1.82, 2.24) is 4.90 Å². The van der Waals surface area contributed by atoms with E-state index >= 15 is 0 Å². The summed E-state index contributed by atoms with van der Waals surface area (Å²) in [6.45, 7) is 3.61. The molecule has 3 rings (SSSR count). The Morgan fingerprint density at radius 1 is 1.08 bits per heavy atom. The Balaban J connectivity index is 1.41. The molecule has 0 radical (unpaired) electrons. The van der Waals surface area contributed by atoms with Crippen LogP contribution in [0.3, 0.4) is 0 Å². The third-order valence-electron chi connectivity index (χ3n) is 5.46. The average Bonchev–Trinajstić information content (AvgIpc) is 2.69. The van der Waals surface area contributed by atoms with Crippen LogP contribution in [-0.4, -0.2) is 29.0 Å². The number of carbonyl (C=O) groups excluding carboxylic acids is 1. The summed E-state index contributed by atoms with van der Waals surface area (Å²) >= 11 is 0. The average molecular weight is 351 g/mol. The lowest BCUT2D eigenvalue weighted by atomic mass is 9.87. The number of carbonyl (C=O) groups is 1. The summed E-state index contributed by atoms with van der Waals surface area (Å²) in [5.74, 6) is 0.499. The minimum absolute atomic E-state index is 0.244. The van der Waals surface area contributed by atoms with Crippen LogP contribution in [0.4, 0.5) is 0 Å². The third kappa shape index (κ3) is 4.95. The summed E-state index contributed by atoms with van der Waals surface area (Å²) in [5, 5.41) is 10.6. The predicted octanol–water partition coefficient (Wildman–Crippen LogP) is 4.29. The van der Waals surface area contributed by atoms with Gasteiger partial charge in [-0.05, 0) is 49.7 Å². The summed E-state index contributed by atoms with van der Waals surface area (Å²) in [5.41, 5.74) is 3.55. The molecule has 1 unspecified atom stereocenters. The first-order valence-corrected chi connectivity index (χ1v) is 9.70. The van der Waals surface area contributed by atoms with Gasteiger partial charge < -0.3 is 10.0 Å². The number of hydrogen-bond acceptors (Lipinski definition) is 2. The number of likely N-dealkylation sites (tertiary alicyclic amines) is 1. The van der Waals surface area contributed by atoms with Gasteiger partial charge in [0.05, 0.1) is 6.10 Å². The molecule has 1 aliphatic rings. The summed E-state index contributed by atoms with van der Waals surface area (Å²) < 4.78 is 0. The standard InChI is InChI=1S/C23H29NO2/c1-18-10-12-19(13-11-18)6-5-9-22(25)24-16-14-21(15-17-24)23(26)20-7-3-2-4-8-20/h2-4,7-8,10-13,21,23,26H,5-6,9,14-17H2,1H3. The topological polar surface area (TPSA) is 40.5 Å². The van der Waals surface area contributed by atoms with Crippen LogP contribution in [0.2, 0.25) is 0 Å². The van der Waals surface area contributed by atoms with Crippen LogP contribution < -0.4 is 0 Å². The zero-order valence-corrected chi connectivity index (χ0v) is 15.6. The van der Waals surface area contributed by atoms with Crippen molar-refractivity contribution in [3.8, 4) is 0 Å². The summed E-state index contributed by atoms with van der Waals surface area (Å²) in [6, 6.07) is 18.4. The molecule has 1 amide bonds. The van der Waals surface area contributed by atoms with Crippen molar-refractivity contribution in [2.24, 2.45) is 5.92 Å². The minimum Gasteiger partial charge on any atom is -0.388 e. The van der Waals surface area contributed by atoms with Gasteiger partial charge >= 0.3 is 0 Å². The van der Waals surface area contributed by atoms with Crippen molar-refractivity contribution in [3.05, 3.63) is 71.3 Å². The Hall–Kier alpha value is -2.13. The van der Waals surface area contributed by atoms with Crippen LogP contribution in [0.25, 0.3) is 0 Å². The molecule has 1 fully saturated rings. The number of amides is 1. The number of piperidine rings is 1. The molecule has 1 atom stereocenters. The van der Waals surface area contributed by atoms with E-state index in [1.807, 2.05) is 35.2 Å². The Bertz CT molecular complexity index is 688. The van der Waals surface area contributed by atoms with Gasteiger partial charge in [-0.2, -0.15) is 0 Å². The molecule has 0 spiro atoms. The lowest BCUT2D eigenvalue weighted by Gasteiger charge is -2.34. The van der Waals surface area contributed by atoms with E-state index in [-0.39, 0.29) is 11.8 Å². The number of rotatable bonds is 6. The first-order chi connectivity index (χ1) is 12.6. The molecule has 3 nitrogen and oxygen atoms in total. The number of hydrogen-bond donors (Lipinski definition) is 1. The van der Waals surface area contributed by atoms with Crippen molar-refractivity contribution in [1.29, 1.82) is 0 Å². The van der Waals surface area contributed by atoms with Crippen molar-refractivity contribution >= 4 is 5.91 Å². The first kappa shape index (κ1) is 18.7. The second kappa shape index (κ2) is 9.00. The van der Waals surface area contributed by atoms with Gasteiger partial charge in [0.2, 0.25) is 5.91 Å². The maximum Gasteiger partial charge on any atom is 0.222 e. The minimum atomic E-state index is -0.421. The highest BCUT2D eigenvalue weighted by Gasteiger charge is 2.27. The van der Waals surface area contributed by atoms with Crippen molar-refractivity contribution in [2.45, 2.75) is 45.1 Å². The highest BCUT2D eigenvalue weighted by atomic mass is 16.3. The lowest BCUT2D eigenvalue weighted by molar-refractivity contribution is -0.133. The molecule has 1 aliphatic heterocycles. The fraction of sp³-hybridized carbons (Fsp3) is 0.435. The Labute approximate surface area is 156 Å². The van der Waals surface area contributed by atoms with Gasteiger partial charge in [0.25, 0.3) is 0 Å². The van der Waals surface area contributed by atoms with Crippen LogP contribution in [0.1, 0.15) is 48.5 Å². The zero-order valence-electron chi connectivity index (χ0n) is 15.6. The van der Waals surface area contributed by atoms with Crippen LogP contribution in [0.15, 0.2) is 54.6 Å². The normalized spacial score (nSPS) is 16.5. The lowest BCUT2D eigenvalue weighted by Crippen LogP contribution is -2.39. The summed E-state index contributed by atoms with van der Waals surface area (Å²) in [6.07, 6.45) is 3.79. The number of aliphatic hydroxyl groups is 1. The van der Waals surface area contributed by atoms with Crippen molar-refractivity contribution in [2.75, 3.05) is 13.1 Å². The predicted molar refractivity (Wildman–Crippen MR) is 105 cm³/mol. The molecular formula is C23H29NO2. The maximum atomic E-state index is 12.5. The molecule has 2 aromatic carbocycles. The maximum absolute atomic E-state index is 12.5. The van der Waals surface area contributed by atoms with Crippen LogP contribution in [-0.2, 0) is 11.2 Å². The molecule has 0 bridgehead atoms. The molecule has 26 heavy (non-hydrogen) atoms. The molecule has 2 aromatic rings. The van der Waals surface area contributed by atoms with Gasteiger partial charge in [0.15, 0.2) is 0 Å². The molecule has 0 aromatic heterocycles. The van der Waals surface area contributed by atoms with Crippen molar-refractivity contribution < 1.29 is 9.90 Å². The molecule has 1 saturated heterocycles. The van der Waals surface area contributed by atoms with Gasteiger partial charge in [-0.25, -0.2) is 0 Å². The van der Waals surface area contributed by atoms with Crippen LogP contribution >= 0.6 is 0 Å². The number of aliphatic hydroxyl groups excluding tert-OH is 1. The molecule has 3 heteroatoms. The Morgan fingerprint density at radius 2 is 1.73 bits per heavy atom. The second-order valence-electron chi connectivity index (χ2n) is 7.41. The number of benzene rings is 2. The largest absolute Gasteiger partial charge is 0.388 e. The van der Waals surface area contributed by atoms with E-state index in [0.717, 1.165) is 44.3 Å². The van der Waals surface area contributed by atoms with Gasteiger partial charge in [-0.1, -0.05) is 60.2 Å². The van der Waals surface area contributed by atoms with Gasteiger partial charge in [-0.15, -0.1) is 0 Å².